The lowest BCUT2D eigenvalue weighted by atomic mass is 9.97. The zero-order valence-electron chi connectivity index (χ0n) is 15.1. The normalized spacial score (nSPS) is 10.3. The fourth-order valence-corrected chi connectivity index (χ4v) is 3.10. The molecule has 3 aromatic rings. The van der Waals surface area contributed by atoms with E-state index in [1.165, 1.54) is 0 Å². The van der Waals surface area contributed by atoms with Crippen molar-refractivity contribution in [2.75, 3.05) is 6.61 Å². The highest BCUT2D eigenvalue weighted by molar-refractivity contribution is 6.01. The van der Waals surface area contributed by atoms with Gasteiger partial charge in [0, 0.05) is 24.4 Å². The molecule has 0 atom stereocenters. The maximum Gasteiger partial charge on any atom is 0.354 e. The second kappa shape index (κ2) is 7.71. The molecule has 0 unspecified atom stereocenters. The Morgan fingerprint density at radius 3 is 2.44 bits per heavy atom. The van der Waals surface area contributed by atoms with Gasteiger partial charge in [0.05, 0.1) is 13.2 Å². The highest BCUT2D eigenvalue weighted by Crippen LogP contribution is 2.37. The van der Waals surface area contributed by atoms with Crippen LogP contribution in [0.2, 0.25) is 0 Å². The Labute approximate surface area is 157 Å². The molecule has 0 saturated heterocycles. The van der Waals surface area contributed by atoms with Gasteiger partial charge in [0.1, 0.15) is 5.69 Å². The third-order valence-electron chi connectivity index (χ3n) is 4.32. The topological polar surface area (TPSA) is 52.7 Å². The van der Waals surface area contributed by atoms with Gasteiger partial charge in [-0.1, -0.05) is 48.5 Å². The summed E-state index contributed by atoms with van der Waals surface area (Å²) < 4.78 is 6.77. The van der Waals surface area contributed by atoms with E-state index in [9.17, 15) is 9.59 Å². The molecule has 0 saturated carbocycles. The molecule has 3 rings (SSSR count). The molecule has 0 spiro atoms. The maximum atomic E-state index is 12.4. The van der Waals surface area contributed by atoms with E-state index in [1.54, 1.807) is 30.8 Å². The van der Waals surface area contributed by atoms with Crippen LogP contribution < -0.4 is 0 Å². The lowest BCUT2D eigenvalue weighted by Gasteiger charge is -2.10. The van der Waals surface area contributed by atoms with Crippen molar-refractivity contribution in [2.45, 2.75) is 6.92 Å². The molecule has 0 N–H and O–H groups in total. The van der Waals surface area contributed by atoms with Crippen LogP contribution in [0.15, 0.2) is 54.7 Å². The van der Waals surface area contributed by atoms with E-state index < -0.39 is 5.97 Å². The van der Waals surface area contributed by atoms with E-state index in [0.717, 1.165) is 23.0 Å². The lowest BCUT2D eigenvalue weighted by molar-refractivity contribution is 0.0516. The summed E-state index contributed by atoms with van der Waals surface area (Å²) in [7, 11) is 1.72. The summed E-state index contributed by atoms with van der Waals surface area (Å²) in [5, 5.41) is 0. The SMILES string of the molecule is [C-]#[N+]c1cn(C)c(C(=O)OCC)c1-c1ccc(-c2ccccc2C=O)cc1. The molecule has 2 aromatic carbocycles. The molecule has 134 valence electrons. The standard InChI is InChI=1S/C22H18N2O3/c1-4-27-22(26)21-20(19(23-2)13-24(21)3)16-11-9-15(10-12-16)18-8-6-5-7-17(18)14-25/h5-14H,4H2,1,3H3. The number of aromatic nitrogens is 1. The molecule has 0 aliphatic carbocycles. The predicted molar refractivity (Wildman–Crippen MR) is 104 cm³/mol. The van der Waals surface area contributed by atoms with Gasteiger partial charge in [-0.15, -0.1) is 0 Å². The Kier molecular flexibility index (Phi) is 5.18. The van der Waals surface area contributed by atoms with Crippen LogP contribution >= 0.6 is 0 Å². The number of esters is 1. The monoisotopic (exact) mass is 358 g/mol. The van der Waals surface area contributed by atoms with Crippen LogP contribution in [0.4, 0.5) is 5.69 Å². The smallest absolute Gasteiger partial charge is 0.354 e. The summed E-state index contributed by atoms with van der Waals surface area (Å²) in [6.07, 6.45) is 2.46. The summed E-state index contributed by atoms with van der Waals surface area (Å²) in [6, 6.07) is 14.8. The molecule has 1 aromatic heterocycles. The summed E-state index contributed by atoms with van der Waals surface area (Å²) >= 11 is 0. The quantitative estimate of drug-likeness (QED) is 0.370. The number of aldehydes is 1. The summed E-state index contributed by atoms with van der Waals surface area (Å²) in [4.78, 5) is 27.2. The van der Waals surface area contributed by atoms with Crippen LogP contribution in [0.25, 0.3) is 27.1 Å². The average Bonchev–Trinajstić information content (AvgIpc) is 3.04. The number of carbonyl (C=O) groups is 2. The number of nitrogens with zero attached hydrogens (tertiary/aromatic N) is 2. The molecule has 0 radical (unpaired) electrons. The van der Waals surface area contributed by atoms with Crippen LogP contribution in [0.1, 0.15) is 27.8 Å². The van der Waals surface area contributed by atoms with Crippen LogP contribution in [0.3, 0.4) is 0 Å². The second-order valence-electron chi connectivity index (χ2n) is 5.96. The Morgan fingerprint density at radius 1 is 1.15 bits per heavy atom. The Hall–Kier alpha value is -3.65. The molecule has 0 amide bonds. The third kappa shape index (κ3) is 3.38. The molecule has 5 heteroatoms. The van der Waals surface area contributed by atoms with Crippen molar-refractivity contribution in [1.82, 2.24) is 4.57 Å². The number of ether oxygens (including phenoxy) is 1. The molecule has 5 nitrogen and oxygen atoms in total. The first-order valence-corrected chi connectivity index (χ1v) is 8.49. The number of carbonyl (C=O) groups excluding carboxylic acids is 2. The predicted octanol–water partition coefficient (Wildman–Crippen LogP) is 4.90. The second-order valence-corrected chi connectivity index (χ2v) is 5.96. The number of hydrogen-bond acceptors (Lipinski definition) is 3. The first kappa shape index (κ1) is 18.2. The maximum absolute atomic E-state index is 12.4. The number of hydrogen-bond donors (Lipinski definition) is 0. The summed E-state index contributed by atoms with van der Waals surface area (Å²) in [6.45, 7) is 9.45. The Balaban J connectivity index is 2.09. The fraction of sp³-hybridized carbons (Fsp3) is 0.136. The largest absolute Gasteiger partial charge is 0.461 e. The first-order valence-electron chi connectivity index (χ1n) is 8.49. The Morgan fingerprint density at radius 2 is 1.81 bits per heavy atom. The van der Waals surface area contributed by atoms with Crippen molar-refractivity contribution in [3.05, 3.63) is 77.4 Å². The van der Waals surface area contributed by atoms with Crippen LogP contribution in [-0.4, -0.2) is 23.4 Å². The molecule has 1 heterocycles. The minimum Gasteiger partial charge on any atom is -0.461 e. The van der Waals surface area contributed by atoms with Gasteiger partial charge in [-0.2, -0.15) is 0 Å². The number of benzene rings is 2. The van der Waals surface area contributed by atoms with Gasteiger partial charge in [0.25, 0.3) is 0 Å². The van der Waals surface area contributed by atoms with E-state index in [0.29, 0.717) is 22.5 Å². The molecular formula is C22H18N2O3. The van der Waals surface area contributed by atoms with Gasteiger partial charge in [0.15, 0.2) is 6.29 Å². The molecule has 0 aliphatic heterocycles. The van der Waals surface area contributed by atoms with Crippen molar-refractivity contribution in [3.63, 3.8) is 0 Å². The van der Waals surface area contributed by atoms with Crippen LogP contribution in [0.5, 0.6) is 0 Å². The zero-order chi connectivity index (χ0) is 19.4. The highest BCUT2D eigenvalue weighted by Gasteiger charge is 2.22. The van der Waals surface area contributed by atoms with Gasteiger partial charge < -0.3 is 9.30 Å². The van der Waals surface area contributed by atoms with Crippen molar-refractivity contribution < 1.29 is 14.3 Å². The molecule has 27 heavy (non-hydrogen) atoms. The van der Waals surface area contributed by atoms with Crippen molar-refractivity contribution in [3.8, 4) is 22.3 Å². The molecule has 0 aliphatic rings. The summed E-state index contributed by atoms with van der Waals surface area (Å²) in [5.41, 5.74) is 4.38. The van der Waals surface area contributed by atoms with E-state index in [4.69, 9.17) is 11.3 Å². The summed E-state index contributed by atoms with van der Waals surface area (Å²) in [5.74, 6) is -0.458. The van der Waals surface area contributed by atoms with E-state index in [2.05, 4.69) is 4.85 Å². The van der Waals surface area contributed by atoms with E-state index in [-0.39, 0.29) is 6.61 Å². The molecule has 0 bridgehead atoms. The van der Waals surface area contributed by atoms with Gasteiger partial charge >= 0.3 is 5.97 Å². The van der Waals surface area contributed by atoms with Crippen LogP contribution in [-0.2, 0) is 11.8 Å². The minimum absolute atomic E-state index is 0.262. The van der Waals surface area contributed by atoms with Gasteiger partial charge in [-0.3, -0.25) is 4.79 Å². The van der Waals surface area contributed by atoms with Gasteiger partial charge in [-0.25, -0.2) is 9.64 Å². The van der Waals surface area contributed by atoms with E-state index >= 15 is 0 Å². The van der Waals surface area contributed by atoms with E-state index in [1.807, 2.05) is 42.5 Å². The highest BCUT2D eigenvalue weighted by atomic mass is 16.5. The van der Waals surface area contributed by atoms with Crippen molar-refractivity contribution in [2.24, 2.45) is 7.05 Å². The van der Waals surface area contributed by atoms with Crippen molar-refractivity contribution in [1.29, 1.82) is 0 Å². The average molecular weight is 358 g/mol. The van der Waals surface area contributed by atoms with Crippen LogP contribution in [0, 0.1) is 6.57 Å². The zero-order valence-corrected chi connectivity index (χ0v) is 15.1. The molecular weight excluding hydrogens is 340 g/mol. The first-order chi connectivity index (χ1) is 13.1. The fourth-order valence-electron chi connectivity index (χ4n) is 3.10. The van der Waals surface area contributed by atoms with Gasteiger partial charge in [-0.05, 0) is 23.6 Å². The number of aryl methyl sites for hydroxylation is 1. The Bertz CT molecular complexity index is 1040. The lowest BCUT2D eigenvalue weighted by Crippen LogP contribution is -2.10. The number of rotatable bonds is 5. The minimum atomic E-state index is -0.458. The third-order valence-corrected chi connectivity index (χ3v) is 4.32. The van der Waals surface area contributed by atoms with Gasteiger partial charge in [0.2, 0.25) is 5.69 Å². The molecule has 0 fully saturated rings. The van der Waals surface area contributed by atoms with Crippen molar-refractivity contribution >= 4 is 17.9 Å².